The molecule has 28 heavy (non-hydrogen) atoms. The van der Waals surface area contributed by atoms with Gasteiger partial charge in [0.25, 0.3) is 5.56 Å². The van der Waals surface area contributed by atoms with Crippen LogP contribution in [0.1, 0.15) is 16.7 Å². The topological polar surface area (TPSA) is 65.8 Å². The molecule has 1 fully saturated rings. The summed E-state index contributed by atoms with van der Waals surface area (Å²) in [6.45, 7) is 8.24. The van der Waals surface area contributed by atoms with Gasteiger partial charge < -0.3 is 19.7 Å². The zero-order valence-corrected chi connectivity index (χ0v) is 17.3. The Bertz CT molecular complexity index is 876. The third-order valence-electron chi connectivity index (χ3n) is 5.07. The van der Waals surface area contributed by atoms with Crippen LogP contribution in [0, 0.1) is 13.8 Å². The molecule has 2 heterocycles. The van der Waals surface area contributed by atoms with Crippen LogP contribution < -0.4 is 15.8 Å². The van der Waals surface area contributed by atoms with Crippen molar-refractivity contribution in [3.63, 3.8) is 0 Å². The Morgan fingerprint density at radius 3 is 2.46 bits per heavy atom. The lowest BCUT2D eigenvalue weighted by Gasteiger charge is -2.36. The van der Waals surface area contributed by atoms with E-state index in [1.54, 1.807) is 24.0 Å². The van der Waals surface area contributed by atoms with Crippen molar-refractivity contribution in [2.24, 2.45) is 12.0 Å². The zero-order valence-electron chi connectivity index (χ0n) is 17.3. The third-order valence-corrected chi connectivity index (χ3v) is 5.07. The zero-order chi connectivity index (χ0) is 20.1. The molecule has 2 aromatic rings. The number of guanidine groups is 1. The Kier molecular flexibility index (Phi) is 6.34. The molecule has 1 aliphatic rings. The number of piperazine rings is 1. The first kappa shape index (κ1) is 19.9. The largest absolute Gasteiger partial charge is 0.356 e. The monoisotopic (exact) mass is 382 g/mol. The molecule has 1 aromatic heterocycles. The van der Waals surface area contributed by atoms with Gasteiger partial charge in [0.1, 0.15) is 0 Å². The van der Waals surface area contributed by atoms with E-state index in [2.05, 4.69) is 57.1 Å². The molecule has 0 amide bonds. The molecule has 0 aliphatic carbocycles. The molecule has 1 aromatic carbocycles. The highest BCUT2D eigenvalue weighted by Gasteiger charge is 2.22. The molecule has 0 atom stereocenters. The van der Waals surface area contributed by atoms with Crippen molar-refractivity contribution in [3.05, 3.63) is 57.6 Å². The van der Waals surface area contributed by atoms with Gasteiger partial charge in [0.2, 0.25) is 0 Å². The highest BCUT2D eigenvalue weighted by molar-refractivity contribution is 5.80. The van der Waals surface area contributed by atoms with E-state index in [1.165, 1.54) is 16.7 Å². The normalized spacial score (nSPS) is 15.1. The summed E-state index contributed by atoms with van der Waals surface area (Å²) in [7, 11) is 3.57. The van der Waals surface area contributed by atoms with Crippen molar-refractivity contribution >= 4 is 11.8 Å². The predicted molar refractivity (Wildman–Crippen MR) is 114 cm³/mol. The molecular weight excluding hydrogens is 352 g/mol. The molecule has 0 spiro atoms. The van der Waals surface area contributed by atoms with Gasteiger partial charge in [-0.15, -0.1) is 0 Å². The second-order valence-electron chi connectivity index (χ2n) is 7.36. The highest BCUT2D eigenvalue weighted by atomic mass is 16.1. The first-order valence-corrected chi connectivity index (χ1v) is 9.77. The number of rotatable bonds is 4. The summed E-state index contributed by atoms with van der Waals surface area (Å²) >= 11 is 0. The van der Waals surface area contributed by atoms with Gasteiger partial charge in [-0.1, -0.05) is 29.3 Å². The van der Waals surface area contributed by atoms with Gasteiger partial charge in [-0.2, -0.15) is 0 Å². The van der Waals surface area contributed by atoms with Gasteiger partial charge >= 0.3 is 0 Å². The molecule has 7 heteroatoms. The number of aliphatic imine (C=N–C) groups is 1. The minimum absolute atomic E-state index is 0.0492. The first-order chi connectivity index (χ1) is 13.5. The quantitative estimate of drug-likeness (QED) is 0.639. The average Bonchev–Trinajstić information content (AvgIpc) is 2.67. The van der Waals surface area contributed by atoms with Crippen LogP contribution in [0.4, 0.5) is 5.82 Å². The fraction of sp³-hybridized carbons (Fsp3) is 0.476. The lowest BCUT2D eigenvalue weighted by atomic mass is 10.1. The number of hydrogen-bond donors (Lipinski definition) is 1. The van der Waals surface area contributed by atoms with Crippen LogP contribution in [0.15, 0.2) is 40.4 Å². The van der Waals surface area contributed by atoms with E-state index < -0.39 is 0 Å². The van der Waals surface area contributed by atoms with Gasteiger partial charge in [0, 0.05) is 59.2 Å². The summed E-state index contributed by atoms with van der Waals surface area (Å²) in [4.78, 5) is 25.3. The Labute approximate surface area is 166 Å². The van der Waals surface area contributed by atoms with Crippen LogP contribution in [0.3, 0.4) is 0 Å². The molecular formula is C21H30N6O. The summed E-state index contributed by atoms with van der Waals surface area (Å²) < 4.78 is 1.57. The molecule has 3 rings (SSSR count). The molecule has 0 unspecified atom stereocenters. The van der Waals surface area contributed by atoms with Crippen LogP contribution in [0.25, 0.3) is 0 Å². The molecule has 1 saturated heterocycles. The molecule has 1 N–H and O–H groups in total. The van der Waals surface area contributed by atoms with Crippen molar-refractivity contribution in [1.82, 2.24) is 19.8 Å². The lowest BCUT2D eigenvalue weighted by molar-refractivity contribution is 0.371. The van der Waals surface area contributed by atoms with E-state index in [4.69, 9.17) is 0 Å². The number of aryl methyl sites for hydroxylation is 3. The third kappa shape index (κ3) is 4.71. The summed E-state index contributed by atoms with van der Waals surface area (Å²) in [5, 5.41) is 3.48. The van der Waals surface area contributed by atoms with Crippen LogP contribution in [-0.2, 0) is 13.5 Å². The Hall–Kier alpha value is -2.83. The van der Waals surface area contributed by atoms with Crippen LogP contribution in [-0.4, -0.2) is 60.2 Å². The van der Waals surface area contributed by atoms with E-state index >= 15 is 0 Å². The molecule has 0 saturated carbocycles. The molecule has 150 valence electrons. The SMILES string of the molecule is CN=C(NCCc1cc(C)cc(C)c1)N1CCN(c2nccn(C)c2=O)CC1. The number of benzene rings is 1. The van der Waals surface area contributed by atoms with E-state index in [0.29, 0.717) is 5.82 Å². The molecule has 0 radical (unpaired) electrons. The van der Waals surface area contributed by atoms with Crippen molar-refractivity contribution < 1.29 is 0 Å². The second-order valence-corrected chi connectivity index (χ2v) is 7.36. The number of anilines is 1. The van der Waals surface area contributed by atoms with Crippen molar-refractivity contribution in [2.45, 2.75) is 20.3 Å². The fourth-order valence-electron chi connectivity index (χ4n) is 3.70. The first-order valence-electron chi connectivity index (χ1n) is 9.77. The van der Waals surface area contributed by atoms with Gasteiger partial charge in [0.05, 0.1) is 0 Å². The maximum Gasteiger partial charge on any atom is 0.293 e. The van der Waals surface area contributed by atoms with Gasteiger partial charge in [-0.25, -0.2) is 4.98 Å². The summed E-state index contributed by atoms with van der Waals surface area (Å²) in [5.74, 6) is 1.44. The van der Waals surface area contributed by atoms with Gasteiger partial charge in [-0.05, 0) is 25.8 Å². The average molecular weight is 383 g/mol. The Balaban J connectivity index is 1.53. The maximum atomic E-state index is 12.3. The van der Waals surface area contributed by atoms with Crippen LogP contribution in [0.2, 0.25) is 0 Å². The molecule has 7 nitrogen and oxygen atoms in total. The minimum atomic E-state index is -0.0492. The lowest BCUT2D eigenvalue weighted by Crippen LogP contribution is -2.53. The minimum Gasteiger partial charge on any atom is -0.356 e. The standard InChI is InChI=1S/C21H30N6O/c1-16-13-17(2)15-18(14-16)5-6-24-21(22-3)27-11-9-26(10-12-27)19-20(28)25(4)8-7-23-19/h7-8,13-15H,5-6,9-12H2,1-4H3,(H,22,24). The number of hydrogen-bond acceptors (Lipinski definition) is 4. The van der Waals surface area contributed by atoms with Crippen LogP contribution >= 0.6 is 0 Å². The van der Waals surface area contributed by atoms with E-state index in [1.807, 2.05) is 7.05 Å². The second kappa shape index (κ2) is 8.91. The summed E-state index contributed by atoms with van der Waals surface area (Å²) in [5.41, 5.74) is 3.90. The van der Waals surface area contributed by atoms with Crippen LogP contribution in [0.5, 0.6) is 0 Å². The number of nitrogens with zero attached hydrogens (tertiary/aromatic N) is 5. The van der Waals surface area contributed by atoms with Crippen molar-refractivity contribution in [2.75, 3.05) is 44.7 Å². The van der Waals surface area contributed by atoms with E-state index in [-0.39, 0.29) is 5.56 Å². The smallest absolute Gasteiger partial charge is 0.293 e. The summed E-state index contributed by atoms with van der Waals surface area (Å²) in [6, 6.07) is 6.68. The van der Waals surface area contributed by atoms with Gasteiger partial charge in [-0.3, -0.25) is 9.79 Å². The number of aromatic nitrogens is 2. The Morgan fingerprint density at radius 2 is 1.82 bits per heavy atom. The fourth-order valence-corrected chi connectivity index (χ4v) is 3.70. The predicted octanol–water partition coefficient (Wildman–Crippen LogP) is 1.34. The van der Waals surface area contributed by atoms with E-state index in [9.17, 15) is 4.79 Å². The van der Waals surface area contributed by atoms with Crippen molar-refractivity contribution in [3.8, 4) is 0 Å². The Morgan fingerprint density at radius 1 is 1.14 bits per heavy atom. The van der Waals surface area contributed by atoms with Crippen molar-refractivity contribution in [1.29, 1.82) is 0 Å². The summed E-state index contributed by atoms with van der Waals surface area (Å²) in [6.07, 6.45) is 4.33. The molecule has 1 aliphatic heterocycles. The molecule has 0 bridgehead atoms. The number of nitrogens with one attached hydrogen (secondary N) is 1. The van der Waals surface area contributed by atoms with Gasteiger partial charge in [0.15, 0.2) is 11.8 Å². The maximum absolute atomic E-state index is 12.3. The highest BCUT2D eigenvalue weighted by Crippen LogP contribution is 2.10. The van der Waals surface area contributed by atoms with E-state index in [0.717, 1.165) is 45.1 Å².